The quantitative estimate of drug-likeness (QED) is 0.790. The van der Waals surface area contributed by atoms with Crippen LogP contribution in [0.25, 0.3) is 0 Å². The van der Waals surface area contributed by atoms with Gasteiger partial charge in [-0.15, -0.1) is 0 Å². The molecule has 4 heteroatoms. The summed E-state index contributed by atoms with van der Waals surface area (Å²) < 4.78 is 13.1. The Bertz CT molecular complexity index is 385. The first-order valence-electron chi connectivity index (χ1n) is 5.97. The second-order valence-electron chi connectivity index (χ2n) is 4.86. The Balaban J connectivity index is 2.12. The van der Waals surface area contributed by atoms with Gasteiger partial charge in [-0.1, -0.05) is 43.0 Å². The minimum atomic E-state index is -0.400. The number of hydrogen-bond acceptors (Lipinski definition) is 1. The van der Waals surface area contributed by atoms with Gasteiger partial charge >= 0.3 is 0 Å². The lowest BCUT2D eigenvalue weighted by atomic mass is 9.87. The Kier molecular flexibility index (Phi) is 4.16. The molecule has 1 saturated carbocycles. The topological polar surface area (TPSA) is 12.0 Å². The van der Waals surface area contributed by atoms with Gasteiger partial charge in [-0.25, -0.2) is 4.39 Å². The summed E-state index contributed by atoms with van der Waals surface area (Å²) in [6.45, 7) is 2.25. The van der Waals surface area contributed by atoms with E-state index in [1.54, 1.807) is 0 Å². The molecule has 1 aromatic carbocycles. The van der Waals surface area contributed by atoms with E-state index in [2.05, 4.69) is 12.2 Å². The minimum absolute atomic E-state index is 0.355. The Morgan fingerprint density at radius 1 is 1.24 bits per heavy atom. The summed E-state index contributed by atoms with van der Waals surface area (Å²) in [4.78, 5) is 0. The molecule has 0 heterocycles. The predicted octanol–water partition coefficient (Wildman–Crippen LogP) is 5.12. The third-order valence-electron chi connectivity index (χ3n) is 3.29. The third kappa shape index (κ3) is 3.26. The summed E-state index contributed by atoms with van der Waals surface area (Å²) in [5.74, 6) is 0.321. The standard InChI is InChI=1S/C13H16Cl2FN/c1-8-3-2-4-10(5-8)17-13-11(14)6-9(16)7-12(13)15/h6-8,10,17H,2-5H2,1H3. The number of hydrogen-bond donors (Lipinski definition) is 1. The second kappa shape index (κ2) is 5.45. The number of nitrogens with one attached hydrogen (secondary N) is 1. The van der Waals surface area contributed by atoms with Crippen molar-refractivity contribution < 1.29 is 4.39 Å². The van der Waals surface area contributed by atoms with Gasteiger partial charge in [0.15, 0.2) is 0 Å². The Labute approximate surface area is 111 Å². The normalized spacial score (nSPS) is 24.7. The molecule has 2 rings (SSSR count). The SMILES string of the molecule is CC1CCCC(Nc2c(Cl)cc(F)cc2Cl)C1. The highest BCUT2D eigenvalue weighted by molar-refractivity contribution is 6.39. The summed E-state index contributed by atoms with van der Waals surface area (Å²) in [6, 6.07) is 2.98. The molecule has 1 nitrogen and oxygen atoms in total. The van der Waals surface area contributed by atoms with Gasteiger partial charge in [-0.05, 0) is 30.9 Å². The molecular formula is C13H16Cl2FN. The Morgan fingerprint density at radius 3 is 2.47 bits per heavy atom. The summed E-state index contributed by atoms with van der Waals surface area (Å²) >= 11 is 12.0. The van der Waals surface area contributed by atoms with Crippen molar-refractivity contribution in [2.75, 3.05) is 5.32 Å². The van der Waals surface area contributed by atoms with Crippen LogP contribution in [0.15, 0.2) is 12.1 Å². The van der Waals surface area contributed by atoms with Crippen LogP contribution in [0.1, 0.15) is 32.6 Å². The molecule has 0 radical (unpaired) electrons. The van der Waals surface area contributed by atoms with Crippen LogP contribution >= 0.6 is 23.2 Å². The molecule has 0 spiro atoms. The van der Waals surface area contributed by atoms with Crippen molar-refractivity contribution in [3.8, 4) is 0 Å². The molecular weight excluding hydrogens is 260 g/mol. The van der Waals surface area contributed by atoms with Crippen molar-refractivity contribution in [2.45, 2.75) is 38.6 Å². The van der Waals surface area contributed by atoms with Gasteiger partial charge in [0.2, 0.25) is 0 Å². The van der Waals surface area contributed by atoms with Gasteiger partial charge < -0.3 is 5.32 Å². The molecule has 2 atom stereocenters. The van der Waals surface area contributed by atoms with E-state index in [1.165, 1.54) is 25.0 Å². The Morgan fingerprint density at radius 2 is 1.88 bits per heavy atom. The van der Waals surface area contributed by atoms with Gasteiger partial charge in [-0.3, -0.25) is 0 Å². The fourth-order valence-electron chi connectivity index (χ4n) is 2.45. The van der Waals surface area contributed by atoms with Gasteiger partial charge in [0, 0.05) is 6.04 Å². The molecule has 1 N–H and O–H groups in total. The van der Waals surface area contributed by atoms with E-state index >= 15 is 0 Å². The summed E-state index contributed by atoms with van der Waals surface area (Å²) in [7, 11) is 0. The summed E-state index contributed by atoms with van der Waals surface area (Å²) in [6.07, 6.45) is 4.73. The van der Waals surface area contributed by atoms with Crippen LogP contribution in [0.3, 0.4) is 0 Å². The first kappa shape index (κ1) is 13.0. The monoisotopic (exact) mass is 275 g/mol. The van der Waals surface area contributed by atoms with E-state index in [0.717, 1.165) is 18.8 Å². The lowest BCUT2D eigenvalue weighted by molar-refractivity contribution is 0.358. The van der Waals surface area contributed by atoms with E-state index in [9.17, 15) is 4.39 Å². The number of benzene rings is 1. The number of halogens is 3. The molecule has 0 bridgehead atoms. The van der Waals surface area contributed by atoms with E-state index in [0.29, 0.717) is 21.8 Å². The number of anilines is 1. The van der Waals surface area contributed by atoms with Crippen LogP contribution in [-0.2, 0) is 0 Å². The van der Waals surface area contributed by atoms with E-state index < -0.39 is 5.82 Å². The molecule has 1 fully saturated rings. The first-order chi connectivity index (χ1) is 8.06. The first-order valence-corrected chi connectivity index (χ1v) is 6.73. The van der Waals surface area contributed by atoms with Crippen molar-refractivity contribution in [3.05, 3.63) is 28.0 Å². The zero-order chi connectivity index (χ0) is 12.4. The van der Waals surface area contributed by atoms with Crippen LogP contribution in [0.4, 0.5) is 10.1 Å². The van der Waals surface area contributed by atoms with Crippen molar-refractivity contribution in [1.82, 2.24) is 0 Å². The van der Waals surface area contributed by atoms with Crippen LogP contribution in [0.5, 0.6) is 0 Å². The zero-order valence-electron chi connectivity index (χ0n) is 9.77. The average Bonchev–Trinajstić information content (AvgIpc) is 2.23. The van der Waals surface area contributed by atoms with Gasteiger partial charge in [-0.2, -0.15) is 0 Å². The number of rotatable bonds is 2. The third-order valence-corrected chi connectivity index (χ3v) is 3.89. The van der Waals surface area contributed by atoms with Gasteiger partial charge in [0.1, 0.15) is 5.82 Å². The molecule has 0 aliphatic heterocycles. The largest absolute Gasteiger partial charge is 0.380 e. The fourth-order valence-corrected chi connectivity index (χ4v) is 3.02. The van der Waals surface area contributed by atoms with Crippen LogP contribution in [-0.4, -0.2) is 6.04 Å². The maximum absolute atomic E-state index is 13.1. The highest BCUT2D eigenvalue weighted by Crippen LogP contribution is 2.34. The maximum atomic E-state index is 13.1. The summed E-state index contributed by atoms with van der Waals surface area (Å²) in [5, 5.41) is 4.05. The molecule has 1 aliphatic rings. The highest BCUT2D eigenvalue weighted by atomic mass is 35.5. The molecule has 0 amide bonds. The zero-order valence-corrected chi connectivity index (χ0v) is 11.3. The fraction of sp³-hybridized carbons (Fsp3) is 0.538. The highest BCUT2D eigenvalue weighted by Gasteiger charge is 2.20. The predicted molar refractivity (Wildman–Crippen MR) is 71.5 cm³/mol. The van der Waals surface area contributed by atoms with Gasteiger partial charge in [0.05, 0.1) is 15.7 Å². The molecule has 0 saturated heterocycles. The van der Waals surface area contributed by atoms with Crippen molar-refractivity contribution in [2.24, 2.45) is 5.92 Å². The maximum Gasteiger partial charge on any atom is 0.126 e. The van der Waals surface area contributed by atoms with Crippen molar-refractivity contribution in [3.63, 3.8) is 0 Å². The molecule has 2 unspecified atom stereocenters. The molecule has 94 valence electrons. The Hall–Kier alpha value is -0.470. The molecule has 0 aromatic heterocycles. The summed E-state index contributed by atoms with van der Waals surface area (Å²) in [5.41, 5.74) is 0.661. The van der Waals surface area contributed by atoms with Crippen LogP contribution in [0.2, 0.25) is 10.0 Å². The molecule has 1 aliphatic carbocycles. The van der Waals surface area contributed by atoms with Crippen molar-refractivity contribution in [1.29, 1.82) is 0 Å². The van der Waals surface area contributed by atoms with Crippen LogP contribution < -0.4 is 5.32 Å². The lowest BCUT2D eigenvalue weighted by Crippen LogP contribution is -2.26. The molecule has 1 aromatic rings. The van der Waals surface area contributed by atoms with E-state index in [-0.39, 0.29) is 0 Å². The van der Waals surface area contributed by atoms with Gasteiger partial charge in [0.25, 0.3) is 0 Å². The van der Waals surface area contributed by atoms with Crippen molar-refractivity contribution >= 4 is 28.9 Å². The van der Waals surface area contributed by atoms with Crippen LogP contribution in [0, 0.1) is 11.7 Å². The molecule has 17 heavy (non-hydrogen) atoms. The van der Waals surface area contributed by atoms with E-state index in [4.69, 9.17) is 23.2 Å². The minimum Gasteiger partial charge on any atom is -0.380 e. The average molecular weight is 276 g/mol. The lowest BCUT2D eigenvalue weighted by Gasteiger charge is -2.29. The second-order valence-corrected chi connectivity index (χ2v) is 5.67. The van der Waals surface area contributed by atoms with E-state index in [1.807, 2.05) is 0 Å². The smallest absolute Gasteiger partial charge is 0.126 e.